The van der Waals surface area contributed by atoms with Gasteiger partial charge in [-0.3, -0.25) is 4.79 Å². The molecule has 0 unspecified atom stereocenters. The van der Waals surface area contributed by atoms with Gasteiger partial charge in [-0.15, -0.1) is 6.58 Å². The Hall–Kier alpha value is -4.01. The fourth-order valence-electron chi connectivity index (χ4n) is 3.59. The number of ether oxygens (including phenoxy) is 2. The van der Waals surface area contributed by atoms with Crippen LogP contribution in [0.4, 0.5) is 5.69 Å². The summed E-state index contributed by atoms with van der Waals surface area (Å²) in [7, 11) is 0. The summed E-state index contributed by atoms with van der Waals surface area (Å²) >= 11 is 6.16. The number of allylic oxidation sites excluding steroid dienone is 1. The van der Waals surface area contributed by atoms with E-state index < -0.39 is 5.91 Å². The normalized spacial score (nSPS) is 10.9. The molecule has 36 heavy (non-hydrogen) atoms. The molecular formula is C30H29ClN2O3. The van der Waals surface area contributed by atoms with Gasteiger partial charge in [-0.25, -0.2) is 0 Å². The molecule has 0 bridgehead atoms. The van der Waals surface area contributed by atoms with Crippen molar-refractivity contribution < 1.29 is 14.3 Å². The predicted octanol–water partition coefficient (Wildman–Crippen LogP) is 7.21. The van der Waals surface area contributed by atoms with Crippen LogP contribution in [0.3, 0.4) is 0 Å². The number of rotatable bonds is 10. The molecular weight excluding hydrogens is 472 g/mol. The molecule has 6 heteroatoms. The second-order valence-corrected chi connectivity index (χ2v) is 8.65. The van der Waals surface area contributed by atoms with E-state index >= 15 is 0 Å². The number of nitriles is 1. The Morgan fingerprint density at radius 2 is 1.89 bits per heavy atom. The van der Waals surface area contributed by atoms with Crippen molar-refractivity contribution >= 4 is 29.3 Å². The highest BCUT2D eigenvalue weighted by atomic mass is 35.5. The zero-order valence-corrected chi connectivity index (χ0v) is 21.5. The predicted molar refractivity (Wildman–Crippen MR) is 145 cm³/mol. The van der Waals surface area contributed by atoms with E-state index in [1.54, 1.807) is 37.3 Å². The Morgan fingerprint density at radius 3 is 2.56 bits per heavy atom. The van der Waals surface area contributed by atoms with Gasteiger partial charge >= 0.3 is 0 Å². The van der Waals surface area contributed by atoms with Gasteiger partial charge in [0, 0.05) is 16.3 Å². The van der Waals surface area contributed by atoms with Crippen LogP contribution in [0.15, 0.2) is 72.8 Å². The molecule has 0 radical (unpaired) electrons. The van der Waals surface area contributed by atoms with E-state index in [4.69, 9.17) is 21.1 Å². The number of carbonyl (C=O) groups is 1. The van der Waals surface area contributed by atoms with Crippen molar-refractivity contribution in [3.63, 3.8) is 0 Å². The molecule has 0 saturated heterocycles. The molecule has 5 nitrogen and oxygen atoms in total. The van der Waals surface area contributed by atoms with Crippen molar-refractivity contribution in [3.8, 4) is 17.6 Å². The van der Waals surface area contributed by atoms with E-state index in [1.165, 1.54) is 11.6 Å². The molecule has 1 amide bonds. The fraction of sp³-hybridized carbons (Fsp3) is 0.200. The molecule has 0 aliphatic carbocycles. The van der Waals surface area contributed by atoms with Crippen LogP contribution in [-0.2, 0) is 17.8 Å². The van der Waals surface area contributed by atoms with Gasteiger partial charge in [0.15, 0.2) is 11.5 Å². The maximum absolute atomic E-state index is 12.9. The number of anilines is 1. The summed E-state index contributed by atoms with van der Waals surface area (Å²) in [6, 6.07) is 19.0. The van der Waals surface area contributed by atoms with E-state index in [9.17, 15) is 10.1 Å². The van der Waals surface area contributed by atoms with Crippen molar-refractivity contribution in [1.29, 1.82) is 5.26 Å². The van der Waals surface area contributed by atoms with E-state index in [-0.39, 0.29) is 5.57 Å². The number of nitrogens with one attached hydrogen (secondary N) is 1. The molecule has 0 spiro atoms. The molecule has 3 aromatic carbocycles. The minimum Gasteiger partial charge on any atom is -0.490 e. The Balaban J connectivity index is 1.94. The van der Waals surface area contributed by atoms with Gasteiger partial charge in [0.1, 0.15) is 18.2 Å². The van der Waals surface area contributed by atoms with Gasteiger partial charge in [-0.1, -0.05) is 53.6 Å². The molecule has 0 saturated carbocycles. The summed E-state index contributed by atoms with van der Waals surface area (Å²) in [6.45, 7) is 10.4. The summed E-state index contributed by atoms with van der Waals surface area (Å²) in [5.41, 5.74) is 4.94. The maximum Gasteiger partial charge on any atom is 0.266 e. The number of carbonyl (C=O) groups excluding carboxylic acids is 1. The van der Waals surface area contributed by atoms with Crippen LogP contribution in [0.2, 0.25) is 5.02 Å². The average Bonchev–Trinajstić information content (AvgIpc) is 2.86. The third kappa shape index (κ3) is 6.78. The molecule has 184 valence electrons. The third-order valence-corrected chi connectivity index (χ3v) is 5.92. The summed E-state index contributed by atoms with van der Waals surface area (Å²) < 4.78 is 12.1. The number of hydrogen-bond acceptors (Lipinski definition) is 4. The van der Waals surface area contributed by atoms with Crippen LogP contribution in [0.25, 0.3) is 6.08 Å². The zero-order chi connectivity index (χ0) is 26.1. The minimum atomic E-state index is -0.522. The van der Waals surface area contributed by atoms with Crippen LogP contribution in [-0.4, -0.2) is 12.5 Å². The van der Waals surface area contributed by atoms with Crippen LogP contribution >= 0.6 is 11.6 Å². The van der Waals surface area contributed by atoms with E-state index in [2.05, 4.69) is 11.9 Å². The van der Waals surface area contributed by atoms with Crippen molar-refractivity contribution in [1.82, 2.24) is 0 Å². The second-order valence-electron chi connectivity index (χ2n) is 8.24. The highest BCUT2D eigenvalue weighted by molar-refractivity contribution is 6.31. The molecule has 0 atom stereocenters. The molecule has 3 rings (SSSR count). The molecule has 3 aromatic rings. The van der Waals surface area contributed by atoms with Crippen molar-refractivity contribution in [3.05, 3.63) is 106 Å². The summed E-state index contributed by atoms with van der Waals surface area (Å²) in [5, 5.41) is 13.0. The van der Waals surface area contributed by atoms with E-state index in [0.29, 0.717) is 47.4 Å². The number of hydrogen-bond donors (Lipinski definition) is 1. The largest absolute Gasteiger partial charge is 0.490 e. The van der Waals surface area contributed by atoms with Gasteiger partial charge < -0.3 is 14.8 Å². The highest BCUT2D eigenvalue weighted by Gasteiger charge is 2.16. The number of nitrogens with zero attached hydrogens (tertiary/aromatic N) is 1. The first-order chi connectivity index (χ1) is 17.4. The Labute approximate surface area is 217 Å². The molecule has 0 aliphatic heterocycles. The smallest absolute Gasteiger partial charge is 0.266 e. The third-order valence-electron chi connectivity index (χ3n) is 5.51. The van der Waals surface area contributed by atoms with Crippen LogP contribution < -0.4 is 14.8 Å². The molecule has 1 N–H and O–H groups in total. The summed E-state index contributed by atoms with van der Waals surface area (Å²) in [4.78, 5) is 12.9. The number of benzene rings is 3. The lowest BCUT2D eigenvalue weighted by Crippen LogP contribution is -2.14. The number of halogens is 1. The van der Waals surface area contributed by atoms with Gasteiger partial charge in [0.2, 0.25) is 0 Å². The van der Waals surface area contributed by atoms with Crippen LogP contribution in [0.5, 0.6) is 11.5 Å². The van der Waals surface area contributed by atoms with E-state index in [1.807, 2.05) is 50.2 Å². The minimum absolute atomic E-state index is 0.0466. The first-order valence-electron chi connectivity index (χ1n) is 11.6. The highest BCUT2D eigenvalue weighted by Crippen LogP contribution is 2.35. The quantitative estimate of drug-likeness (QED) is 0.181. The van der Waals surface area contributed by atoms with Gasteiger partial charge in [0.25, 0.3) is 5.91 Å². The SMILES string of the molecule is C=CCc1cc(/C=C(\C#N)C(=O)Nc2cccc(Cl)c2C)cc(OCC)c1OCc1ccc(C)cc1. The fourth-order valence-corrected chi connectivity index (χ4v) is 3.76. The molecule has 0 aromatic heterocycles. The van der Waals surface area contributed by atoms with Gasteiger partial charge in [0.05, 0.1) is 6.61 Å². The van der Waals surface area contributed by atoms with Gasteiger partial charge in [-0.2, -0.15) is 5.26 Å². The summed E-state index contributed by atoms with van der Waals surface area (Å²) in [5.74, 6) is 0.636. The average molecular weight is 501 g/mol. The topological polar surface area (TPSA) is 71.4 Å². The Kier molecular flexibility index (Phi) is 9.32. The lowest BCUT2D eigenvalue weighted by molar-refractivity contribution is -0.112. The second kappa shape index (κ2) is 12.6. The molecule has 0 aliphatic rings. The van der Waals surface area contributed by atoms with Crippen molar-refractivity contribution in [2.45, 2.75) is 33.8 Å². The number of aryl methyl sites for hydroxylation is 1. The Morgan fingerprint density at radius 1 is 1.14 bits per heavy atom. The number of amides is 1. The van der Waals surface area contributed by atoms with E-state index in [0.717, 1.165) is 16.7 Å². The monoisotopic (exact) mass is 500 g/mol. The molecule has 0 heterocycles. The van der Waals surface area contributed by atoms with Gasteiger partial charge in [-0.05, 0) is 74.2 Å². The summed E-state index contributed by atoms with van der Waals surface area (Å²) in [6.07, 6.45) is 3.84. The van der Waals surface area contributed by atoms with Crippen molar-refractivity contribution in [2.75, 3.05) is 11.9 Å². The standard InChI is InChI=1S/C30H29ClN2O3/c1-5-8-24-15-23(16-25(18-32)30(34)33-27-10-7-9-26(31)21(27)4)17-28(35-6-2)29(24)36-19-22-13-11-20(3)12-14-22/h5,7,9-17H,1,6,8,19H2,2-4H3,(H,33,34)/b25-16+. The maximum atomic E-state index is 12.9. The molecule has 0 fully saturated rings. The zero-order valence-electron chi connectivity index (χ0n) is 20.7. The van der Waals surface area contributed by atoms with Crippen molar-refractivity contribution in [2.24, 2.45) is 0 Å². The van der Waals surface area contributed by atoms with Crippen LogP contribution in [0, 0.1) is 25.2 Å². The lowest BCUT2D eigenvalue weighted by atomic mass is 10.0. The first kappa shape index (κ1) is 26.6. The van der Waals surface area contributed by atoms with Crippen LogP contribution in [0.1, 0.15) is 34.7 Å². The Bertz CT molecular complexity index is 1320. The first-order valence-corrected chi connectivity index (χ1v) is 12.0. The lowest BCUT2D eigenvalue weighted by Gasteiger charge is -2.17.